The summed E-state index contributed by atoms with van der Waals surface area (Å²) in [6.45, 7) is 9.29. The van der Waals surface area contributed by atoms with Gasteiger partial charge in [0, 0.05) is 13.5 Å². The molecule has 0 atom stereocenters. The minimum atomic E-state index is -1.73. The molecule has 0 rings (SSSR count). The fourth-order valence-corrected chi connectivity index (χ4v) is 1.17. The van der Waals surface area contributed by atoms with Gasteiger partial charge in [-0.3, -0.25) is 5.32 Å². The molecule has 0 saturated carbocycles. The molecule has 0 aromatic rings. The van der Waals surface area contributed by atoms with Gasteiger partial charge in [0.1, 0.15) is 0 Å². The van der Waals surface area contributed by atoms with E-state index in [4.69, 9.17) is 10.2 Å². The van der Waals surface area contributed by atoms with E-state index >= 15 is 0 Å². The summed E-state index contributed by atoms with van der Waals surface area (Å²) in [6.07, 6.45) is 0.929. The molecule has 0 bridgehead atoms. The van der Waals surface area contributed by atoms with Crippen LogP contribution in [0.5, 0.6) is 0 Å². The Morgan fingerprint density at radius 3 is 2.15 bits per heavy atom. The van der Waals surface area contributed by atoms with Crippen LogP contribution in [0.4, 0.5) is 0 Å². The van der Waals surface area contributed by atoms with Gasteiger partial charge >= 0.3 is 0 Å². The Labute approximate surface area is 80.6 Å². The number of hydrogen-bond acceptors (Lipinski definition) is 4. The first-order valence-electron chi connectivity index (χ1n) is 4.91. The van der Waals surface area contributed by atoms with Crippen molar-refractivity contribution >= 4 is 0 Å². The van der Waals surface area contributed by atoms with E-state index in [0.29, 0.717) is 6.54 Å². The highest BCUT2D eigenvalue weighted by Gasteiger charge is 2.12. The van der Waals surface area contributed by atoms with Gasteiger partial charge < -0.3 is 15.1 Å². The summed E-state index contributed by atoms with van der Waals surface area (Å²) in [5.41, 5.74) is 0. The summed E-state index contributed by atoms with van der Waals surface area (Å²) in [7, 11) is 0. The van der Waals surface area contributed by atoms with Gasteiger partial charge in [0.2, 0.25) is 5.91 Å². The Morgan fingerprint density at radius 1 is 1.23 bits per heavy atom. The molecule has 0 heterocycles. The molecule has 0 radical (unpaired) electrons. The quantitative estimate of drug-likeness (QED) is 0.390. The van der Waals surface area contributed by atoms with Crippen LogP contribution in [0.1, 0.15) is 27.2 Å². The first-order chi connectivity index (χ1) is 5.99. The molecule has 0 fully saturated rings. The van der Waals surface area contributed by atoms with Crippen LogP contribution < -0.4 is 5.32 Å². The molecule has 0 aliphatic heterocycles. The normalized spacial score (nSPS) is 12.5. The van der Waals surface area contributed by atoms with Crippen LogP contribution >= 0.6 is 0 Å². The molecule has 0 amide bonds. The van der Waals surface area contributed by atoms with Crippen LogP contribution in [0.15, 0.2) is 0 Å². The summed E-state index contributed by atoms with van der Waals surface area (Å²) in [6, 6.07) is 0. The minimum absolute atomic E-state index is 0.625. The molecule has 0 aromatic carbocycles. The molecule has 0 aliphatic rings. The zero-order valence-electron chi connectivity index (χ0n) is 8.88. The smallest absolute Gasteiger partial charge is 0.219 e. The second-order valence-corrected chi connectivity index (χ2v) is 3.33. The lowest BCUT2D eigenvalue weighted by Gasteiger charge is -2.20. The third-order valence-electron chi connectivity index (χ3n) is 2.01. The van der Waals surface area contributed by atoms with Gasteiger partial charge in [-0.15, -0.1) is 0 Å². The van der Waals surface area contributed by atoms with E-state index in [1.807, 2.05) is 0 Å². The van der Waals surface area contributed by atoms with Gasteiger partial charge in [0.15, 0.2) is 0 Å². The molecule has 4 nitrogen and oxygen atoms in total. The lowest BCUT2D eigenvalue weighted by atomic mass is 10.3. The topological polar surface area (TPSA) is 55.7 Å². The summed E-state index contributed by atoms with van der Waals surface area (Å²) in [4.78, 5) is 2.30. The van der Waals surface area contributed by atoms with Crippen molar-refractivity contribution in [3.05, 3.63) is 0 Å². The van der Waals surface area contributed by atoms with E-state index in [1.54, 1.807) is 0 Å². The number of rotatable bonds is 7. The fourth-order valence-electron chi connectivity index (χ4n) is 1.17. The van der Waals surface area contributed by atoms with E-state index in [-0.39, 0.29) is 0 Å². The van der Waals surface area contributed by atoms with Crippen LogP contribution in [0.3, 0.4) is 0 Å². The van der Waals surface area contributed by atoms with Crippen molar-refractivity contribution in [2.24, 2.45) is 0 Å². The van der Waals surface area contributed by atoms with E-state index in [1.165, 1.54) is 6.92 Å². The van der Waals surface area contributed by atoms with Crippen molar-refractivity contribution in [3.63, 3.8) is 0 Å². The highest BCUT2D eigenvalue weighted by atomic mass is 16.5. The molecule has 0 aromatic heterocycles. The predicted molar refractivity (Wildman–Crippen MR) is 53.3 cm³/mol. The third-order valence-corrected chi connectivity index (χ3v) is 2.01. The lowest BCUT2D eigenvalue weighted by Crippen LogP contribution is -2.43. The summed E-state index contributed by atoms with van der Waals surface area (Å²) >= 11 is 0. The Hall–Kier alpha value is -0.160. The average Bonchev–Trinajstić information content (AvgIpc) is 2.03. The van der Waals surface area contributed by atoms with Gasteiger partial charge in [-0.05, 0) is 26.1 Å². The molecule has 0 unspecified atom stereocenters. The molecule has 3 N–H and O–H groups in total. The first kappa shape index (κ1) is 12.8. The number of nitrogens with one attached hydrogen (secondary N) is 1. The molecule has 0 spiro atoms. The molecule has 0 saturated heterocycles. The monoisotopic (exact) mass is 190 g/mol. The lowest BCUT2D eigenvalue weighted by molar-refractivity contribution is -0.169. The molecule has 80 valence electrons. The molecule has 4 heteroatoms. The Kier molecular flexibility index (Phi) is 6.24. The van der Waals surface area contributed by atoms with Crippen LogP contribution in [0.25, 0.3) is 0 Å². The fraction of sp³-hybridized carbons (Fsp3) is 1.00. The maximum absolute atomic E-state index is 8.93. The van der Waals surface area contributed by atoms with Gasteiger partial charge in [0.25, 0.3) is 0 Å². The number of nitrogens with zero attached hydrogens (tertiary/aromatic N) is 1. The van der Waals surface area contributed by atoms with Crippen LogP contribution in [-0.2, 0) is 0 Å². The largest absolute Gasteiger partial charge is 0.354 e. The highest BCUT2D eigenvalue weighted by Crippen LogP contribution is 1.92. The van der Waals surface area contributed by atoms with Crippen molar-refractivity contribution in [2.75, 3.05) is 26.2 Å². The third kappa shape index (κ3) is 8.18. The zero-order valence-corrected chi connectivity index (χ0v) is 8.88. The molecule has 0 aliphatic carbocycles. The van der Waals surface area contributed by atoms with Crippen molar-refractivity contribution < 1.29 is 10.2 Å². The van der Waals surface area contributed by atoms with Crippen LogP contribution in [-0.4, -0.2) is 47.2 Å². The summed E-state index contributed by atoms with van der Waals surface area (Å²) < 4.78 is 0. The van der Waals surface area contributed by atoms with E-state index in [0.717, 1.165) is 26.1 Å². The van der Waals surface area contributed by atoms with Crippen molar-refractivity contribution in [3.8, 4) is 0 Å². The van der Waals surface area contributed by atoms with Gasteiger partial charge in [-0.25, -0.2) is 0 Å². The Bertz CT molecular complexity index is 119. The zero-order chi connectivity index (χ0) is 10.3. The second-order valence-electron chi connectivity index (χ2n) is 3.33. The van der Waals surface area contributed by atoms with E-state index in [2.05, 4.69) is 24.1 Å². The molecule has 13 heavy (non-hydrogen) atoms. The van der Waals surface area contributed by atoms with E-state index in [9.17, 15) is 0 Å². The van der Waals surface area contributed by atoms with Crippen molar-refractivity contribution in [1.82, 2.24) is 10.2 Å². The average molecular weight is 190 g/mol. The van der Waals surface area contributed by atoms with Crippen molar-refractivity contribution in [1.29, 1.82) is 0 Å². The van der Waals surface area contributed by atoms with Gasteiger partial charge in [-0.1, -0.05) is 13.8 Å². The second kappa shape index (κ2) is 6.32. The van der Waals surface area contributed by atoms with Crippen molar-refractivity contribution in [2.45, 2.75) is 33.1 Å². The standard InChI is InChI=1S/C9H22N2O2/c1-4-11(5-2)8-6-7-10-9(3,12)13/h10,12-13H,4-8H2,1-3H3. The van der Waals surface area contributed by atoms with Crippen LogP contribution in [0, 0.1) is 0 Å². The number of aliphatic hydroxyl groups is 2. The van der Waals surface area contributed by atoms with Crippen LogP contribution in [0.2, 0.25) is 0 Å². The maximum Gasteiger partial charge on any atom is 0.219 e. The summed E-state index contributed by atoms with van der Waals surface area (Å²) in [5.74, 6) is -1.73. The SMILES string of the molecule is CCN(CC)CCCNC(C)(O)O. The highest BCUT2D eigenvalue weighted by molar-refractivity contribution is 4.57. The minimum Gasteiger partial charge on any atom is -0.354 e. The van der Waals surface area contributed by atoms with E-state index < -0.39 is 5.91 Å². The van der Waals surface area contributed by atoms with Gasteiger partial charge in [0.05, 0.1) is 0 Å². The maximum atomic E-state index is 8.93. The Balaban J connectivity index is 3.34. The van der Waals surface area contributed by atoms with Gasteiger partial charge in [-0.2, -0.15) is 0 Å². The number of hydrogen-bond donors (Lipinski definition) is 3. The molecular formula is C9H22N2O2. The molecular weight excluding hydrogens is 168 g/mol. The Morgan fingerprint density at radius 2 is 1.77 bits per heavy atom. The predicted octanol–water partition coefficient (Wildman–Crippen LogP) is -0.0338. The first-order valence-corrected chi connectivity index (χ1v) is 4.91. The summed E-state index contributed by atoms with van der Waals surface area (Å²) in [5, 5.41) is 20.5.